The van der Waals surface area contributed by atoms with Gasteiger partial charge in [0.25, 0.3) is 0 Å². The topological polar surface area (TPSA) is 70.7 Å². The van der Waals surface area contributed by atoms with Crippen LogP contribution in [0.25, 0.3) is 21.9 Å². The average Bonchev–Trinajstić information content (AvgIpc) is 2.43. The van der Waals surface area contributed by atoms with Gasteiger partial charge < -0.3 is 14.6 Å². The van der Waals surface area contributed by atoms with E-state index in [0.717, 1.165) is 0 Å². The van der Waals surface area contributed by atoms with Gasteiger partial charge in [0.15, 0.2) is 0 Å². The predicted octanol–water partition coefficient (Wildman–Crippen LogP) is 2.97. The van der Waals surface area contributed by atoms with Crippen LogP contribution in [0.4, 0.5) is 0 Å². The average molecular weight is 256 g/mol. The largest absolute Gasteiger partial charge is 0.507 e. The van der Waals surface area contributed by atoms with Gasteiger partial charge >= 0.3 is 0 Å². The van der Waals surface area contributed by atoms with Gasteiger partial charge in [-0.05, 0) is 26.0 Å². The van der Waals surface area contributed by atoms with Crippen molar-refractivity contribution in [1.82, 2.24) is 0 Å². The molecular formula is C15H12O4. The highest BCUT2D eigenvalue weighted by Gasteiger charge is 2.19. The van der Waals surface area contributed by atoms with Crippen molar-refractivity contribution in [1.29, 1.82) is 0 Å². The minimum atomic E-state index is -0.291. The number of rotatable bonds is 0. The molecule has 0 saturated heterocycles. The second-order valence-corrected chi connectivity index (χ2v) is 4.58. The van der Waals surface area contributed by atoms with E-state index < -0.39 is 0 Å². The zero-order valence-corrected chi connectivity index (χ0v) is 10.5. The van der Waals surface area contributed by atoms with E-state index in [4.69, 9.17) is 4.42 Å². The molecule has 4 heteroatoms. The van der Waals surface area contributed by atoms with E-state index in [0.29, 0.717) is 16.5 Å². The molecule has 1 heterocycles. The molecule has 0 spiro atoms. The van der Waals surface area contributed by atoms with Crippen molar-refractivity contribution in [2.24, 2.45) is 0 Å². The van der Waals surface area contributed by atoms with Crippen molar-refractivity contribution >= 4 is 21.9 Å². The summed E-state index contributed by atoms with van der Waals surface area (Å²) in [4.78, 5) is 12.4. The highest BCUT2D eigenvalue weighted by Crippen LogP contribution is 2.38. The van der Waals surface area contributed by atoms with Gasteiger partial charge in [-0.3, -0.25) is 4.79 Å². The number of aromatic hydroxyl groups is 2. The lowest BCUT2D eigenvalue weighted by Crippen LogP contribution is -2.04. The van der Waals surface area contributed by atoms with E-state index in [9.17, 15) is 15.0 Å². The monoisotopic (exact) mass is 256 g/mol. The Bertz CT molecular complexity index is 875. The van der Waals surface area contributed by atoms with Gasteiger partial charge in [-0.1, -0.05) is 12.1 Å². The molecule has 96 valence electrons. The summed E-state index contributed by atoms with van der Waals surface area (Å²) >= 11 is 0. The summed E-state index contributed by atoms with van der Waals surface area (Å²) < 4.78 is 5.65. The minimum absolute atomic E-state index is 0.0524. The van der Waals surface area contributed by atoms with Crippen molar-refractivity contribution < 1.29 is 14.6 Å². The van der Waals surface area contributed by atoms with Gasteiger partial charge in [0, 0.05) is 11.1 Å². The van der Waals surface area contributed by atoms with Gasteiger partial charge in [-0.15, -0.1) is 0 Å². The van der Waals surface area contributed by atoms with Crippen LogP contribution >= 0.6 is 0 Å². The molecule has 0 atom stereocenters. The SMILES string of the molecule is Cc1c(O)c(C)c2oc3ccccc3c(=O)c2c1O. The van der Waals surface area contributed by atoms with Gasteiger partial charge in [0.2, 0.25) is 5.43 Å². The molecule has 19 heavy (non-hydrogen) atoms. The number of para-hydroxylation sites is 1. The quantitative estimate of drug-likeness (QED) is 0.606. The number of benzene rings is 2. The van der Waals surface area contributed by atoms with Crippen LogP contribution in [0, 0.1) is 13.8 Å². The van der Waals surface area contributed by atoms with Gasteiger partial charge in [-0.2, -0.15) is 0 Å². The number of aryl methyl sites for hydroxylation is 1. The number of phenols is 2. The summed E-state index contributed by atoms with van der Waals surface area (Å²) in [5, 5.41) is 20.5. The van der Waals surface area contributed by atoms with Crippen LogP contribution < -0.4 is 5.43 Å². The van der Waals surface area contributed by atoms with E-state index in [2.05, 4.69) is 0 Å². The highest BCUT2D eigenvalue weighted by molar-refractivity contribution is 5.96. The molecule has 2 aromatic carbocycles. The Hall–Kier alpha value is -2.49. The maximum absolute atomic E-state index is 12.4. The Morgan fingerprint density at radius 1 is 1.00 bits per heavy atom. The van der Waals surface area contributed by atoms with Crippen LogP contribution in [-0.4, -0.2) is 10.2 Å². The van der Waals surface area contributed by atoms with E-state index >= 15 is 0 Å². The highest BCUT2D eigenvalue weighted by atomic mass is 16.3. The zero-order valence-electron chi connectivity index (χ0n) is 10.5. The third kappa shape index (κ3) is 1.43. The lowest BCUT2D eigenvalue weighted by atomic mass is 10.0. The fourth-order valence-corrected chi connectivity index (χ4v) is 2.31. The van der Waals surface area contributed by atoms with Gasteiger partial charge in [0.05, 0.1) is 5.39 Å². The first kappa shape index (κ1) is 11.6. The zero-order chi connectivity index (χ0) is 13.7. The van der Waals surface area contributed by atoms with Gasteiger partial charge in [-0.25, -0.2) is 0 Å². The van der Waals surface area contributed by atoms with Crippen molar-refractivity contribution in [2.45, 2.75) is 13.8 Å². The van der Waals surface area contributed by atoms with Crippen LogP contribution in [0.5, 0.6) is 11.5 Å². The molecule has 2 N–H and O–H groups in total. The first-order chi connectivity index (χ1) is 9.02. The number of hydrogen-bond donors (Lipinski definition) is 2. The lowest BCUT2D eigenvalue weighted by Gasteiger charge is -2.10. The molecule has 0 aliphatic heterocycles. The first-order valence-corrected chi connectivity index (χ1v) is 5.89. The molecule has 3 rings (SSSR count). The molecule has 0 fully saturated rings. The van der Waals surface area contributed by atoms with Crippen LogP contribution in [0.1, 0.15) is 11.1 Å². The van der Waals surface area contributed by atoms with E-state index in [1.165, 1.54) is 0 Å². The molecular weight excluding hydrogens is 244 g/mol. The molecule has 0 saturated carbocycles. The Labute approximate surface area is 108 Å². The summed E-state index contributed by atoms with van der Waals surface area (Å²) in [7, 11) is 0. The van der Waals surface area contributed by atoms with Crippen LogP contribution in [-0.2, 0) is 0 Å². The summed E-state index contributed by atoms with van der Waals surface area (Å²) in [6.07, 6.45) is 0. The number of hydrogen-bond acceptors (Lipinski definition) is 4. The van der Waals surface area contributed by atoms with E-state index in [1.54, 1.807) is 38.1 Å². The first-order valence-electron chi connectivity index (χ1n) is 5.89. The third-order valence-corrected chi connectivity index (χ3v) is 3.44. The maximum Gasteiger partial charge on any atom is 0.204 e. The molecule has 0 unspecified atom stereocenters. The van der Waals surface area contributed by atoms with Crippen LogP contribution in [0.3, 0.4) is 0 Å². The summed E-state index contributed by atoms with van der Waals surface area (Å²) in [6, 6.07) is 6.84. The van der Waals surface area contributed by atoms with Crippen LogP contribution in [0.2, 0.25) is 0 Å². The van der Waals surface area contributed by atoms with Crippen LogP contribution in [0.15, 0.2) is 33.5 Å². The molecule has 0 aliphatic rings. The molecule has 0 amide bonds. The standard InChI is InChI=1S/C15H12O4/c1-7-12(16)8(2)15-11(13(7)17)14(18)9-5-3-4-6-10(9)19-15/h3-6,16-17H,1-2H3. The molecule has 0 radical (unpaired) electrons. The van der Waals surface area contributed by atoms with E-state index in [-0.39, 0.29) is 33.5 Å². The van der Waals surface area contributed by atoms with Gasteiger partial charge in [0.1, 0.15) is 28.1 Å². The Morgan fingerprint density at radius 3 is 2.42 bits per heavy atom. The smallest absolute Gasteiger partial charge is 0.204 e. The lowest BCUT2D eigenvalue weighted by molar-refractivity contribution is 0.442. The molecule has 0 bridgehead atoms. The molecule has 3 aromatic rings. The third-order valence-electron chi connectivity index (χ3n) is 3.44. The summed E-state index contributed by atoms with van der Waals surface area (Å²) in [6.45, 7) is 3.22. The fraction of sp³-hybridized carbons (Fsp3) is 0.133. The van der Waals surface area contributed by atoms with Crippen molar-refractivity contribution in [3.63, 3.8) is 0 Å². The predicted molar refractivity (Wildman–Crippen MR) is 72.8 cm³/mol. The second kappa shape index (κ2) is 3.75. The van der Waals surface area contributed by atoms with Crippen molar-refractivity contribution in [2.75, 3.05) is 0 Å². The minimum Gasteiger partial charge on any atom is -0.507 e. The Morgan fingerprint density at radius 2 is 1.68 bits per heavy atom. The Balaban J connectivity index is 2.71. The maximum atomic E-state index is 12.4. The fourth-order valence-electron chi connectivity index (χ4n) is 2.31. The summed E-state index contributed by atoms with van der Waals surface area (Å²) in [5.74, 6) is -0.277. The number of phenolic OH excluding ortho intramolecular Hbond substituents is 2. The molecule has 0 aliphatic carbocycles. The molecule has 1 aromatic heterocycles. The normalized spacial score (nSPS) is 11.3. The number of fused-ring (bicyclic) bond motifs is 2. The molecule has 4 nitrogen and oxygen atoms in total. The Kier molecular flexibility index (Phi) is 2.29. The van der Waals surface area contributed by atoms with Crippen molar-refractivity contribution in [3.8, 4) is 11.5 Å². The summed E-state index contributed by atoms with van der Waals surface area (Å²) in [5.41, 5.74) is 1.11. The second-order valence-electron chi connectivity index (χ2n) is 4.58. The van der Waals surface area contributed by atoms with E-state index in [1.807, 2.05) is 0 Å². The van der Waals surface area contributed by atoms with Crippen molar-refractivity contribution in [3.05, 3.63) is 45.6 Å².